The second-order valence-electron chi connectivity index (χ2n) is 10.8. The predicted octanol–water partition coefficient (Wildman–Crippen LogP) is 10.3. The number of aromatic hydroxyl groups is 2. The summed E-state index contributed by atoms with van der Waals surface area (Å²) in [5.74, 6) is 0.643. The lowest BCUT2D eigenvalue weighted by Gasteiger charge is -2.15. The summed E-state index contributed by atoms with van der Waals surface area (Å²) in [4.78, 5) is 0. The summed E-state index contributed by atoms with van der Waals surface area (Å²) in [6.07, 6.45) is 3.84. The molecule has 0 unspecified atom stereocenters. The quantitative estimate of drug-likeness (QED) is 0.177. The van der Waals surface area contributed by atoms with Crippen molar-refractivity contribution in [3.05, 3.63) is 157 Å². The number of aryl methyl sites for hydroxylation is 2. The Bertz CT molecular complexity index is 1500. The van der Waals surface area contributed by atoms with Crippen molar-refractivity contribution in [3.8, 4) is 56.0 Å². The smallest absolute Gasteiger partial charge is 0.131 e. The SMILES string of the molecule is Oc1c(-c2ccccc2)cc(CCCCc2cc(-c3ccccc3)c(O)c(-c3ccccc3)c2)cc1-c1ccccc1. The average molecular weight is 547 g/mol. The van der Waals surface area contributed by atoms with Crippen LogP contribution in [0.15, 0.2) is 146 Å². The molecule has 0 saturated heterocycles. The lowest BCUT2D eigenvalue weighted by molar-refractivity contribution is 0.478. The van der Waals surface area contributed by atoms with Gasteiger partial charge in [-0.1, -0.05) is 121 Å². The fraction of sp³-hybridized carbons (Fsp3) is 0.100. The van der Waals surface area contributed by atoms with Crippen molar-refractivity contribution in [2.45, 2.75) is 25.7 Å². The van der Waals surface area contributed by atoms with Crippen LogP contribution in [0, 0.1) is 0 Å². The Morgan fingerprint density at radius 1 is 0.333 bits per heavy atom. The predicted molar refractivity (Wildman–Crippen MR) is 175 cm³/mol. The van der Waals surface area contributed by atoms with E-state index in [1.165, 1.54) is 11.1 Å². The molecule has 0 radical (unpaired) electrons. The van der Waals surface area contributed by atoms with Crippen LogP contribution in [0.5, 0.6) is 11.5 Å². The summed E-state index contributed by atoms with van der Waals surface area (Å²) in [7, 11) is 0. The highest BCUT2D eigenvalue weighted by atomic mass is 16.3. The van der Waals surface area contributed by atoms with Gasteiger partial charge in [0.05, 0.1) is 0 Å². The van der Waals surface area contributed by atoms with E-state index in [2.05, 4.69) is 24.3 Å². The first-order valence-electron chi connectivity index (χ1n) is 14.6. The van der Waals surface area contributed by atoms with Gasteiger partial charge in [0, 0.05) is 22.3 Å². The minimum absolute atomic E-state index is 0.321. The maximum absolute atomic E-state index is 11.3. The number of benzene rings is 6. The van der Waals surface area contributed by atoms with E-state index in [-0.39, 0.29) is 0 Å². The molecule has 6 rings (SSSR count). The summed E-state index contributed by atoms with van der Waals surface area (Å²) in [5.41, 5.74) is 9.95. The normalized spacial score (nSPS) is 11.0. The van der Waals surface area contributed by atoms with Gasteiger partial charge in [-0.15, -0.1) is 0 Å². The zero-order valence-electron chi connectivity index (χ0n) is 23.6. The molecule has 0 aromatic heterocycles. The molecule has 6 aromatic carbocycles. The van der Waals surface area contributed by atoms with Gasteiger partial charge in [-0.05, 0) is 83.3 Å². The largest absolute Gasteiger partial charge is 0.507 e. The van der Waals surface area contributed by atoms with Gasteiger partial charge in [0.25, 0.3) is 0 Å². The van der Waals surface area contributed by atoms with Crippen LogP contribution >= 0.6 is 0 Å². The highest BCUT2D eigenvalue weighted by molar-refractivity contribution is 5.84. The third-order valence-corrected chi connectivity index (χ3v) is 7.86. The van der Waals surface area contributed by atoms with E-state index in [4.69, 9.17) is 0 Å². The molecule has 0 aliphatic rings. The molecule has 0 bridgehead atoms. The second kappa shape index (κ2) is 12.6. The van der Waals surface area contributed by atoms with Crippen molar-refractivity contribution in [2.75, 3.05) is 0 Å². The first-order valence-corrected chi connectivity index (χ1v) is 14.6. The zero-order chi connectivity index (χ0) is 28.7. The molecule has 0 amide bonds. The van der Waals surface area contributed by atoms with Crippen LogP contribution in [0.25, 0.3) is 44.5 Å². The second-order valence-corrected chi connectivity index (χ2v) is 10.8. The molecule has 0 saturated carbocycles. The summed E-state index contributed by atoms with van der Waals surface area (Å²) < 4.78 is 0. The number of hydrogen-bond acceptors (Lipinski definition) is 2. The van der Waals surface area contributed by atoms with Crippen molar-refractivity contribution in [1.29, 1.82) is 0 Å². The van der Waals surface area contributed by atoms with E-state index in [0.717, 1.165) is 70.2 Å². The Balaban J connectivity index is 1.26. The molecular formula is C40H34O2. The van der Waals surface area contributed by atoms with Gasteiger partial charge < -0.3 is 10.2 Å². The molecule has 0 fully saturated rings. The summed E-state index contributed by atoms with van der Waals surface area (Å²) in [6.45, 7) is 0. The fourth-order valence-electron chi connectivity index (χ4n) is 5.69. The van der Waals surface area contributed by atoms with Crippen LogP contribution < -0.4 is 0 Å². The minimum atomic E-state index is 0.321. The summed E-state index contributed by atoms with van der Waals surface area (Å²) in [5, 5.41) is 22.6. The van der Waals surface area contributed by atoms with Crippen molar-refractivity contribution in [2.24, 2.45) is 0 Å². The molecule has 0 heterocycles. The monoisotopic (exact) mass is 546 g/mol. The van der Waals surface area contributed by atoms with E-state index in [1.54, 1.807) is 0 Å². The maximum Gasteiger partial charge on any atom is 0.131 e. The third-order valence-electron chi connectivity index (χ3n) is 7.86. The van der Waals surface area contributed by atoms with Crippen LogP contribution in [0.1, 0.15) is 24.0 Å². The molecule has 2 N–H and O–H groups in total. The van der Waals surface area contributed by atoms with Crippen LogP contribution in [-0.4, -0.2) is 10.2 Å². The number of rotatable bonds is 9. The van der Waals surface area contributed by atoms with Crippen LogP contribution in [0.2, 0.25) is 0 Å². The van der Waals surface area contributed by atoms with Gasteiger partial charge in [0.15, 0.2) is 0 Å². The molecule has 6 aromatic rings. The molecule has 0 aliphatic carbocycles. The van der Waals surface area contributed by atoms with Gasteiger partial charge >= 0.3 is 0 Å². The molecule has 2 heteroatoms. The highest BCUT2D eigenvalue weighted by Gasteiger charge is 2.15. The standard InChI is InChI=1S/C40H34O2/c41-39-35(31-17-5-1-6-18-31)25-29(26-36(39)32-19-7-2-8-20-32)15-13-14-16-30-27-37(33-21-9-3-10-22-33)40(42)38(28-30)34-23-11-4-12-24-34/h1-12,17-28,41-42H,13-16H2. The minimum Gasteiger partial charge on any atom is -0.507 e. The molecule has 0 spiro atoms. The number of phenols is 2. The van der Waals surface area contributed by atoms with Crippen molar-refractivity contribution in [3.63, 3.8) is 0 Å². The Morgan fingerprint density at radius 2 is 0.571 bits per heavy atom. The lowest BCUT2D eigenvalue weighted by Crippen LogP contribution is -1.94. The van der Waals surface area contributed by atoms with Gasteiger partial charge in [-0.3, -0.25) is 0 Å². The van der Waals surface area contributed by atoms with Gasteiger partial charge in [-0.25, -0.2) is 0 Å². The Kier molecular flexibility index (Phi) is 8.14. The fourth-order valence-corrected chi connectivity index (χ4v) is 5.69. The van der Waals surface area contributed by atoms with Crippen LogP contribution in [-0.2, 0) is 12.8 Å². The molecule has 0 aliphatic heterocycles. The van der Waals surface area contributed by atoms with E-state index < -0.39 is 0 Å². The average Bonchev–Trinajstić information content (AvgIpc) is 3.06. The first-order chi connectivity index (χ1) is 20.7. The topological polar surface area (TPSA) is 40.5 Å². The van der Waals surface area contributed by atoms with E-state index >= 15 is 0 Å². The van der Waals surface area contributed by atoms with Crippen molar-refractivity contribution < 1.29 is 10.2 Å². The van der Waals surface area contributed by atoms with Gasteiger partial charge in [0.2, 0.25) is 0 Å². The molecule has 0 atom stereocenters. The zero-order valence-corrected chi connectivity index (χ0v) is 23.6. The van der Waals surface area contributed by atoms with E-state index in [0.29, 0.717) is 11.5 Å². The third kappa shape index (κ3) is 5.99. The van der Waals surface area contributed by atoms with Crippen LogP contribution in [0.3, 0.4) is 0 Å². The van der Waals surface area contributed by atoms with Crippen molar-refractivity contribution >= 4 is 0 Å². The Morgan fingerprint density at radius 3 is 0.810 bits per heavy atom. The maximum atomic E-state index is 11.3. The molecule has 206 valence electrons. The summed E-state index contributed by atoms with van der Waals surface area (Å²) in [6, 6.07) is 49.0. The first kappa shape index (κ1) is 27.1. The molecule has 42 heavy (non-hydrogen) atoms. The Hall–Kier alpha value is -5.08. The van der Waals surface area contributed by atoms with Gasteiger partial charge in [0.1, 0.15) is 11.5 Å². The lowest BCUT2D eigenvalue weighted by atomic mass is 9.91. The van der Waals surface area contributed by atoms with Crippen molar-refractivity contribution in [1.82, 2.24) is 0 Å². The van der Waals surface area contributed by atoms with Crippen LogP contribution in [0.4, 0.5) is 0 Å². The molecular weight excluding hydrogens is 512 g/mol. The molecule has 2 nitrogen and oxygen atoms in total. The number of phenolic OH excluding ortho intramolecular Hbond substituents is 2. The van der Waals surface area contributed by atoms with Gasteiger partial charge in [-0.2, -0.15) is 0 Å². The van der Waals surface area contributed by atoms with E-state index in [1.807, 2.05) is 121 Å². The highest BCUT2D eigenvalue weighted by Crippen LogP contribution is 2.41. The number of unbranched alkanes of at least 4 members (excludes halogenated alkanes) is 1. The summed E-state index contributed by atoms with van der Waals surface area (Å²) >= 11 is 0. The van der Waals surface area contributed by atoms with E-state index in [9.17, 15) is 10.2 Å². The number of hydrogen-bond donors (Lipinski definition) is 2. The Labute approximate surface area is 248 Å².